The van der Waals surface area contributed by atoms with Gasteiger partial charge in [-0.15, -0.1) is 0 Å². The Kier molecular flexibility index (Phi) is 9.22. The second-order valence-corrected chi connectivity index (χ2v) is 3.09. The third kappa shape index (κ3) is 11500. The fourth-order valence-corrected chi connectivity index (χ4v) is 0. The van der Waals surface area contributed by atoms with Crippen LogP contribution in [0.5, 0.6) is 0 Å². The van der Waals surface area contributed by atoms with E-state index in [1.807, 2.05) is 0 Å². The largest absolute Gasteiger partial charge is 2.00 e. The molecule has 0 aliphatic rings. The van der Waals surface area contributed by atoms with Gasteiger partial charge < -0.3 is 0 Å². The molecule has 0 saturated carbocycles. The number of hydrogen-bond acceptors (Lipinski definition) is 4. The van der Waals surface area contributed by atoms with Crippen molar-refractivity contribution in [2.24, 2.45) is 10.3 Å². The monoisotopic (exact) mass is 253 g/mol. The first kappa shape index (κ1) is 17.4. The van der Waals surface area contributed by atoms with Crippen LogP contribution in [-0.4, -0.2) is 25.9 Å². The second-order valence-electron chi connectivity index (χ2n) is 1.03. The van der Waals surface area contributed by atoms with Gasteiger partial charge in [0.05, 0.1) is 0 Å². The molecule has 0 fully saturated rings. The van der Waals surface area contributed by atoms with E-state index in [2.05, 4.69) is 10.3 Å². The number of nitrogens with two attached hydrogens (primary N) is 2. The fraction of sp³-hybridized carbons (Fsp3) is 0. The predicted molar refractivity (Wildman–Crippen MR) is 31.5 cm³/mol. The van der Waals surface area contributed by atoms with Crippen molar-refractivity contribution in [2.45, 2.75) is 0 Å². The SMILES string of the molecule is NS(=O)(=O)O.NS(=O)(=O)O.[Co+2]. The Labute approximate surface area is 73.9 Å². The summed E-state index contributed by atoms with van der Waals surface area (Å²) in [6.45, 7) is 0. The summed E-state index contributed by atoms with van der Waals surface area (Å²) in [5, 5.41) is 7.76. The van der Waals surface area contributed by atoms with Gasteiger partial charge in [-0.1, -0.05) is 0 Å². The molecule has 0 atom stereocenters. The molecular weight excluding hydrogens is 247 g/mol. The van der Waals surface area contributed by atoms with Crippen LogP contribution in [0.25, 0.3) is 0 Å². The van der Waals surface area contributed by atoms with Gasteiger partial charge in [-0.3, -0.25) is 9.11 Å². The van der Waals surface area contributed by atoms with Crippen LogP contribution >= 0.6 is 0 Å². The smallest absolute Gasteiger partial charge is 0.274 e. The van der Waals surface area contributed by atoms with Gasteiger partial charge in [0.25, 0.3) is 0 Å². The summed E-state index contributed by atoms with van der Waals surface area (Å²) in [5.74, 6) is 0. The van der Waals surface area contributed by atoms with Gasteiger partial charge in [0.1, 0.15) is 0 Å². The summed E-state index contributed by atoms with van der Waals surface area (Å²) in [7, 11) is -8.33. The van der Waals surface area contributed by atoms with Crippen LogP contribution in [0.1, 0.15) is 0 Å². The topological polar surface area (TPSA) is 161 Å². The van der Waals surface area contributed by atoms with Crippen molar-refractivity contribution in [2.75, 3.05) is 0 Å². The molecule has 0 aliphatic heterocycles. The normalized spacial score (nSPS) is 10.5. The summed E-state index contributed by atoms with van der Waals surface area (Å²) in [5.41, 5.74) is 0. The molecule has 71 valence electrons. The van der Waals surface area contributed by atoms with E-state index in [0.717, 1.165) is 0 Å². The maximum Gasteiger partial charge on any atom is 2.00 e. The Morgan fingerprint density at radius 3 is 0.818 bits per heavy atom. The van der Waals surface area contributed by atoms with Crippen molar-refractivity contribution >= 4 is 20.6 Å². The van der Waals surface area contributed by atoms with Gasteiger partial charge in [0.2, 0.25) is 0 Å². The third-order valence-electron chi connectivity index (χ3n) is 0. The van der Waals surface area contributed by atoms with E-state index in [0.29, 0.717) is 0 Å². The van der Waals surface area contributed by atoms with E-state index < -0.39 is 20.6 Å². The summed E-state index contributed by atoms with van der Waals surface area (Å²) >= 11 is 0. The molecule has 0 aromatic rings. The summed E-state index contributed by atoms with van der Waals surface area (Å²) < 4.78 is 50.4. The molecule has 8 nitrogen and oxygen atoms in total. The minimum absolute atomic E-state index is 0. The minimum atomic E-state index is -4.17. The van der Waals surface area contributed by atoms with E-state index >= 15 is 0 Å². The molecule has 0 bridgehead atoms. The van der Waals surface area contributed by atoms with Gasteiger partial charge in [-0.05, 0) is 0 Å². The van der Waals surface area contributed by atoms with Crippen LogP contribution in [0, 0.1) is 0 Å². The average molecular weight is 253 g/mol. The van der Waals surface area contributed by atoms with Crippen LogP contribution < -0.4 is 10.3 Å². The first-order valence-electron chi connectivity index (χ1n) is 1.50. The van der Waals surface area contributed by atoms with Gasteiger partial charge in [0, 0.05) is 0 Å². The van der Waals surface area contributed by atoms with Crippen LogP contribution in [0.2, 0.25) is 0 Å². The molecule has 11 heteroatoms. The van der Waals surface area contributed by atoms with Crippen LogP contribution in [0.4, 0.5) is 0 Å². The van der Waals surface area contributed by atoms with Crippen molar-refractivity contribution in [1.29, 1.82) is 0 Å². The van der Waals surface area contributed by atoms with Crippen LogP contribution in [0.15, 0.2) is 0 Å². The molecule has 0 saturated heterocycles. The Hall–Kier alpha value is 0.246. The first-order chi connectivity index (χ1) is 4.00. The van der Waals surface area contributed by atoms with E-state index in [-0.39, 0.29) is 16.8 Å². The quantitative estimate of drug-likeness (QED) is 0.348. The minimum Gasteiger partial charge on any atom is -0.274 e. The van der Waals surface area contributed by atoms with Crippen molar-refractivity contribution in [3.63, 3.8) is 0 Å². The Morgan fingerprint density at radius 1 is 0.818 bits per heavy atom. The zero-order chi connectivity index (χ0) is 9.00. The average Bonchev–Trinajstić information content (AvgIpc) is 1.12. The molecule has 0 spiro atoms. The molecule has 0 aromatic heterocycles. The van der Waals surface area contributed by atoms with Crippen molar-refractivity contribution < 1.29 is 42.7 Å². The molecule has 0 unspecified atom stereocenters. The van der Waals surface area contributed by atoms with Crippen molar-refractivity contribution in [1.82, 2.24) is 0 Å². The maximum atomic E-state index is 8.97. The standard InChI is InChI=1S/Co.2H3NO3S/c;2*1-5(2,3)4/h;2*(H3,1,2,3,4)/q+2;;. The second kappa shape index (κ2) is 5.84. The Morgan fingerprint density at radius 2 is 0.818 bits per heavy atom. The molecule has 6 N–H and O–H groups in total. The maximum absolute atomic E-state index is 8.97. The van der Waals surface area contributed by atoms with Crippen LogP contribution in [-0.2, 0) is 37.4 Å². The van der Waals surface area contributed by atoms with Gasteiger partial charge in [-0.2, -0.15) is 16.8 Å². The van der Waals surface area contributed by atoms with Crippen molar-refractivity contribution in [3.05, 3.63) is 0 Å². The molecule has 1 radical (unpaired) electrons. The first-order valence-corrected chi connectivity index (χ1v) is 4.51. The van der Waals surface area contributed by atoms with Gasteiger partial charge in [0.15, 0.2) is 0 Å². The number of rotatable bonds is 0. The number of hydrogen-bond donors (Lipinski definition) is 4. The molecular formula is H6CoN2O6S2+2. The Bertz CT molecular complexity index is 215. The summed E-state index contributed by atoms with van der Waals surface area (Å²) in [6, 6.07) is 0. The molecule has 0 aliphatic carbocycles. The van der Waals surface area contributed by atoms with E-state index in [1.54, 1.807) is 0 Å². The van der Waals surface area contributed by atoms with Gasteiger partial charge in [-0.25, -0.2) is 10.3 Å². The summed E-state index contributed by atoms with van der Waals surface area (Å²) in [4.78, 5) is 0. The molecule has 11 heavy (non-hydrogen) atoms. The molecule has 0 heterocycles. The Balaban J connectivity index is -0.000000107. The fourth-order valence-electron chi connectivity index (χ4n) is 0. The third-order valence-corrected chi connectivity index (χ3v) is 0. The zero-order valence-electron chi connectivity index (χ0n) is 4.83. The molecule has 0 aromatic carbocycles. The van der Waals surface area contributed by atoms with Gasteiger partial charge >= 0.3 is 37.4 Å². The van der Waals surface area contributed by atoms with Crippen LogP contribution in [0.3, 0.4) is 0 Å². The summed E-state index contributed by atoms with van der Waals surface area (Å²) in [6.07, 6.45) is 0. The predicted octanol–water partition coefficient (Wildman–Crippen LogP) is -2.51. The van der Waals surface area contributed by atoms with E-state index in [1.165, 1.54) is 0 Å². The van der Waals surface area contributed by atoms with E-state index in [4.69, 9.17) is 25.9 Å². The zero-order valence-corrected chi connectivity index (χ0v) is 7.51. The van der Waals surface area contributed by atoms with Crippen molar-refractivity contribution in [3.8, 4) is 0 Å². The molecule has 0 rings (SSSR count). The molecule has 0 amide bonds. The van der Waals surface area contributed by atoms with E-state index in [9.17, 15) is 0 Å².